The smallest absolute Gasteiger partial charge is 0.116 e. The maximum absolute atomic E-state index is 4.61. The minimum absolute atomic E-state index is 0.166. The second kappa shape index (κ2) is 3.36. The predicted octanol–water partition coefficient (Wildman–Crippen LogP) is 3.11. The van der Waals surface area contributed by atoms with E-state index in [4.69, 9.17) is 0 Å². The summed E-state index contributed by atoms with van der Waals surface area (Å²) in [6.07, 6.45) is 0. The number of nitrogens with zero attached hydrogens (tertiary/aromatic N) is 1. The van der Waals surface area contributed by atoms with E-state index >= 15 is 0 Å². The first-order chi connectivity index (χ1) is 6.63. The first-order valence-electron chi connectivity index (χ1n) is 4.77. The Kier molecular flexibility index (Phi) is 2.32. The van der Waals surface area contributed by atoms with Crippen LogP contribution in [-0.4, -0.2) is 16.6 Å². The van der Waals surface area contributed by atoms with E-state index in [-0.39, 0.29) is 5.16 Å². The standard InChI is InChI=1S/C11H15N2P/c1-11(2,14-3)10-12-8-6-4-5-7-9(8)13-10/h4-7,14H,1-3H3,(H,12,13). The van der Waals surface area contributed by atoms with Gasteiger partial charge in [0.1, 0.15) is 5.82 Å². The average molecular weight is 206 g/mol. The van der Waals surface area contributed by atoms with Crippen LogP contribution in [0.4, 0.5) is 0 Å². The molecule has 1 unspecified atom stereocenters. The van der Waals surface area contributed by atoms with Crippen molar-refractivity contribution in [3.8, 4) is 0 Å². The molecule has 0 radical (unpaired) electrons. The molecule has 0 aliphatic rings. The lowest BCUT2D eigenvalue weighted by Gasteiger charge is -2.19. The highest BCUT2D eigenvalue weighted by Gasteiger charge is 2.21. The molecule has 0 aliphatic heterocycles. The molecule has 1 N–H and O–H groups in total. The Balaban J connectivity index is 2.55. The second-order valence-electron chi connectivity index (χ2n) is 3.98. The monoisotopic (exact) mass is 206 g/mol. The van der Waals surface area contributed by atoms with Gasteiger partial charge in [0.25, 0.3) is 0 Å². The van der Waals surface area contributed by atoms with E-state index in [0.717, 1.165) is 25.4 Å². The maximum atomic E-state index is 4.61. The molecule has 3 heteroatoms. The summed E-state index contributed by atoms with van der Waals surface area (Å²) >= 11 is 0. The van der Waals surface area contributed by atoms with Gasteiger partial charge in [-0.25, -0.2) is 4.98 Å². The summed E-state index contributed by atoms with van der Waals surface area (Å²) in [7, 11) is 0.853. The van der Waals surface area contributed by atoms with Crippen molar-refractivity contribution in [1.82, 2.24) is 9.97 Å². The van der Waals surface area contributed by atoms with Gasteiger partial charge in [-0.05, 0) is 32.6 Å². The van der Waals surface area contributed by atoms with Crippen molar-refractivity contribution >= 4 is 19.6 Å². The van der Waals surface area contributed by atoms with Crippen molar-refractivity contribution in [3.05, 3.63) is 30.1 Å². The Bertz CT molecular complexity index is 412. The van der Waals surface area contributed by atoms with Crippen LogP contribution in [0.3, 0.4) is 0 Å². The molecular formula is C11H15N2P. The van der Waals surface area contributed by atoms with Crippen LogP contribution in [0.1, 0.15) is 19.7 Å². The summed E-state index contributed by atoms with van der Waals surface area (Å²) in [6, 6.07) is 8.17. The van der Waals surface area contributed by atoms with Gasteiger partial charge in [-0.15, -0.1) is 8.58 Å². The van der Waals surface area contributed by atoms with Gasteiger partial charge in [0, 0.05) is 5.16 Å². The first kappa shape index (κ1) is 9.67. The largest absolute Gasteiger partial charge is 0.341 e. The Labute approximate surface area is 85.9 Å². The van der Waals surface area contributed by atoms with E-state index < -0.39 is 0 Å². The molecule has 1 aromatic carbocycles. The molecular weight excluding hydrogens is 191 g/mol. The lowest BCUT2D eigenvalue weighted by atomic mass is 10.2. The zero-order valence-corrected chi connectivity index (χ0v) is 9.76. The highest BCUT2D eigenvalue weighted by atomic mass is 31.1. The molecule has 0 spiro atoms. The number of rotatable bonds is 2. The van der Waals surface area contributed by atoms with Crippen molar-refractivity contribution in [1.29, 1.82) is 0 Å². The van der Waals surface area contributed by atoms with Gasteiger partial charge in [0.15, 0.2) is 0 Å². The molecule has 0 saturated heterocycles. The summed E-state index contributed by atoms with van der Waals surface area (Å²) in [5.74, 6) is 1.10. The number of aromatic nitrogens is 2. The summed E-state index contributed by atoms with van der Waals surface area (Å²) in [6.45, 7) is 6.67. The number of hydrogen-bond acceptors (Lipinski definition) is 1. The van der Waals surface area contributed by atoms with Crippen LogP contribution in [0.15, 0.2) is 24.3 Å². The van der Waals surface area contributed by atoms with Crippen LogP contribution in [0, 0.1) is 0 Å². The van der Waals surface area contributed by atoms with Gasteiger partial charge in [-0.1, -0.05) is 12.1 Å². The number of aromatic amines is 1. The lowest BCUT2D eigenvalue weighted by molar-refractivity contribution is 0.720. The number of hydrogen-bond donors (Lipinski definition) is 1. The molecule has 0 aliphatic carbocycles. The lowest BCUT2D eigenvalue weighted by Crippen LogP contribution is -2.11. The number of H-pyrrole nitrogens is 1. The Morgan fingerprint density at radius 2 is 2.00 bits per heavy atom. The number of para-hydroxylation sites is 2. The van der Waals surface area contributed by atoms with Crippen LogP contribution in [0.2, 0.25) is 0 Å². The highest BCUT2D eigenvalue weighted by molar-refractivity contribution is 7.38. The quantitative estimate of drug-likeness (QED) is 0.751. The van der Waals surface area contributed by atoms with E-state index in [1.807, 2.05) is 18.2 Å². The van der Waals surface area contributed by atoms with Crippen LogP contribution in [0.5, 0.6) is 0 Å². The van der Waals surface area contributed by atoms with Crippen molar-refractivity contribution < 1.29 is 0 Å². The molecule has 14 heavy (non-hydrogen) atoms. The fourth-order valence-corrected chi connectivity index (χ4v) is 1.72. The number of benzene rings is 1. The topological polar surface area (TPSA) is 28.7 Å². The molecule has 1 heterocycles. The first-order valence-corrected chi connectivity index (χ1v) is 6.27. The summed E-state index contributed by atoms with van der Waals surface area (Å²) in [4.78, 5) is 7.99. The highest BCUT2D eigenvalue weighted by Crippen LogP contribution is 2.37. The number of nitrogens with one attached hydrogen (secondary N) is 1. The van der Waals surface area contributed by atoms with E-state index in [9.17, 15) is 0 Å². The van der Waals surface area contributed by atoms with Crippen LogP contribution in [-0.2, 0) is 5.16 Å². The maximum Gasteiger partial charge on any atom is 0.116 e. The summed E-state index contributed by atoms with van der Waals surface area (Å²) < 4.78 is 0. The van der Waals surface area contributed by atoms with Crippen molar-refractivity contribution in [2.45, 2.75) is 19.0 Å². The number of imidazole rings is 1. The van der Waals surface area contributed by atoms with E-state index in [0.29, 0.717) is 0 Å². The molecule has 1 atom stereocenters. The molecule has 2 nitrogen and oxygen atoms in total. The van der Waals surface area contributed by atoms with Gasteiger partial charge in [0.2, 0.25) is 0 Å². The van der Waals surface area contributed by atoms with E-state index in [2.05, 4.69) is 36.5 Å². The molecule has 74 valence electrons. The Morgan fingerprint density at radius 1 is 1.29 bits per heavy atom. The van der Waals surface area contributed by atoms with E-state index in [1.54, 1.807) is 0 Å². The fraction of sp³-hybridized carbons (Fsp3) is 0.364. The molecule has 1 aromatic heterocycles. The SMILES string of the molecule is CPC(C)(C)c1nc2ccccc2[nH]1. The summed E-state index contributed by atoms with van der Waals surface area (Å²) in [5, 5.41) is 0.166. The minimum atomic E-state index is 0.166. The zero-order chi connectivity index (χ0) is 10.2. The molecule has 0 fully saturated rings. The normalized spacial score (nSPS) is 13.1. The molecule has 2 rings (SSSR count). The van der Waals surface area contributed by atoms with Crippen molar-refractivity contribution in [2.24, 2.45) is 0 Å². The molecule has 2 aromatic rings. The molecule has 0 bridgehead atoms. The van der Waals surface area contributed by atoms with Gasteiger partial charge in [-0.2, -0.15) is 0 Å². The summed E-state index contributed by atoms with van der Waals surface area (Å²) in [5.41, 5.74) is 2.20. The average Bonchev–Trinajstić information content (AvgIpc) is 2.61. The van der Waals surface area contributed by atoms with Gasteiger partial charge >= 0.3 is 0 Å². The second-order valence-corrected chi connectivity index (χ2v) is 5.73. The fourth-order valence-electron chi connectivity index (χ4n) is 1.37. The predicted molar refractivity (Wildman–Crippen MR) is 63.4 cm³/mol. The van der Waals surface area contributed by atoms with Crippen LogP contribution >= 0.6 is 8.58 Å². The van der Waals surface area contributed by atoms with Gasteiger partial charge < -0.3 is 4.98 Å². The zero-order valence-electron chi connectivity index (χ0n) is 8.76. The third kappa shape index (κ3) is 1.55. The Hall–Kier alpha value is -0.880. The Morgan fingerprint density at radius 3 is 2.64 bits per heavy atom. The third-order valence-corrected chi connectivity index (χ3v) is 4.09. The van der Waals surface area contributed by atoms with Crippen molar-refractivity contribution in [3.63, 3.8) is 0 Å². The molecule has 0 amide bonds. The van der Waals surface area contributed by atoms with Crippen molar-refractivity contribution in [2.75, 3.05) is 6.66 Å². The van der Waals surface area contributed by atoms with Crippen LogP contribution in [0.25, 0.3) is 11.0 Å². The van der Waals surface area contributed by atoms with Gasteiger partial charge in [-0.3, -0.25) is 0 Å². The van der Waals surface area contributed by atoms with Gasteiger partial charge in [0.05, 0.1) is 11.0 Å². The third-order valence-electron chi connectivity index (χ3n) is 2.61. The minimum Gasteiger partial charge on any atom is -0.341 e. The number of fused-ring (bicyclic) bond motifs is 1. The molecule has 0 saturated carbocycles. The van der Waals surface area contributed by atoms with E-state index in [1.165, 1.54) is 0 Å². The van der Waals surface area contributed by atoms with Crippen LogP contribution < -0.4 is 0 Å².